The average molecular weight is 373 g/mol. The fraction of sp³-hybridized carbons (Fsp3) is 0.0476. The smallest absolute Gasteiger partial charge is 0.251 e. The molecule has 0 unspecified atom stereocenters. The zero-order valence-electron chi connectivity index (χ0n) is 14.8. The number of aromatic nitrogens is 4. The number of benzene rings is 1. The summed E-state index contributed by atoms with van der Waals surface area (Å²) in [6.07, 6.45) is 6.52. The van der Waals surface area contributed by atoms with E-state index in [1.165, 1.54) is 12.3 Å². The summed E-state index contributed by atoms with van der Waals surface area (Å²) in [4.78, 5) is 19.9. The van der Waals surface area contributed by atoms with E-state index >= 15 is 0 Å². The first-order chi connectivity index (χ1) is 13.7. The molecule has 1 amide bonds. The van der Waals surface area contributed by atoms with Crippen molar-refractivity contribution in [1.82, 2.24) is 25.1 Å². The number of halogens is 1. The standard InChI is InChI=1S/C21H16FN5O/c22-19-12-16(8-11-24-19)21(28)25-13-17-14-27(18-4-2-1-3-5-18)26-20(17)15-6-9-23-10-7-15/h1-12,14H,13H2,(H,25,28). The van der Waals surface area contributed by atoms with Gasteiger partial charge in [0.2, 0.25) is 5.95 Å². The van der Waals surface area contributed by atoms with Gasteiger partial charge in [-0.25, -0.2) is 9.67 Å². The summed E-state index contributed by atoms with van der Waals surface area (Å²) in [7, 11) is 0. The minimum atomic E-state index is -0.693. The highest BCUT2D eigenvalue weighted by atomic mass is 19.1. The summed E-state index contributed by atoms with van der Waals surface area (Å²) in [6, 6.07) is 16.0. The van der Waals surface area contributed by atoms with Crippen molar-refractivity contribution in [1.29, 1.82) is 0 Å². The molecule has 4 rings (SSSR count). The highest BCUT2D eigenvalue weighted by Gasteiger charge is 2.14. The average Bonchev–Trinajstić information content (AvgIpc) is 3.17. The number of nitrogens with zero attached hydrogens (tertiary/aromatic N) is 4. The molecule has 0 aliphatic rings. The molecule has 0 saturated heterocycles. The lowest BCUT2D eigenvalue weighted by atomic mass is 10.1. The van der Waals surface area contributed by atoms with Gasteiger partial charge in [-0.1, -0.05) is 18.2 Å². The third-order valence-electron chi connectivity index (χ3n) is 4.19. The molecule has 1 aromatic carbocycles. The van der Waals surface area contributed by atoms with Crippen molar-refractivity contribution in [3.8, 4) is 16.9 Å². The normalized spacial score (nSPS) is 10.6. The molecule has 6 nitrogen and oxygen atoms in total. The van der Waals surface area contributed by atoms with Crippen LogP contribution < -0.4 is 5.32 Å². The van der Waals surface area contributed by atoms with Crippen LogP contribution in [0.5, 0.6) is 0 Å². The number of rotatable bonds is 5. The highest BCUT2D eigenvalue weighted by Crippen LogP contribution is 2.23. The number of amides is 1. The Hall–Kier alpha value is -3.87. The monoisotopic (exact) mass is 373 g/mol. The Morgan fingerprint density at radius 2 is 1.82 bits per heavy atom. The Morgan fingerprint density at radius 1 is 1.04 bits per heavy atom. The summed E-state index contributed by atoms with van der Waals surface area (Å²) in [6.45, 7) is 0.243. The predicted octanol–water partition coefficient (Wildman–Crippen LogP) is 3.40. The molecule has 0 spiro atoms. The van der Waals surface area contributed by atoms with Crippen LogP contribution in [0.25, 0.3) is 16.9 Å². The number of carbonyl (C=O) groups excluding carboxylic acids is 1. The summed E-state index contributed by atoms with van der Waals surface area (Å²) in [5.74, 6) is -1.07. The van der Waals surface area contributed by atoms with E-state index in [9.17, 15) is 9.18 Å². The fourth-order valence-electron chi connectivity index (χ4n) is 2.83. The van der Waals surface area contributed by atoms with E-state index in [4.69, 9.17) is 0 Å². The maximum Gasteiger partial charge on any atom is 0.251 e. The molecule has 0 saturated carbocycles. The van der Waals surface area contributed by atoms with Gasteiger partial charge in [-0.05, 0) is 30.3 Å². The molecule has 138 valence electrons. The number of nitrogens with one attached hydrogen (secondary N) is 1. The molecule has 7 heteroatoms. The van der Waals surface area contributed by atoms with Gasteiger partial charge in [-0.3, -0.25) is 9.78 Å². The van der Waals surface area contributed by atoms with Crippen molar-refractivity contribution in [3.05, 3.63) is 96.5 Å². The van der Waals surface area contributed by atoms with Crippen LogP contribution >= 0.6 is 0 Å². The van der Waals surface area contributed by atoms with Gasteiger partial charge in [-0.2, -0.15) is 9.49 Å². The molecule has 0 bridgehead atoms. The number of pyridine rings is 2. The molecule has 1 N–H and O–H groups in total. The molecule has 3 heterocycles. The van der Waals surface area contributed by atoms with E-state index < -0.39 is 5.95 Å². The van der Waals surface area contributed by atoms with Crippen LogP contribution in [0.3, 0.4) is 0 Å². The van der Waals surface area contributed by atoms with Crippen LogP contribution in [0.1, 0.15) is 15.9 Å². The third kappa shape index (κ3) is 3.78. The SMILES string of the molecule is O=C(NCc1cn(-c2ccccc2)nc1-c1ccncc1)c1ccnc(F)c1. The van der Waals surface area contributed by atoms with E-state index in [0.29, 0.717) is 0 Å². The summed E-state index contributed by atoms with van der Waals surface area (Å²) in [5.41, 5.74) is 3.59. The van der Waals surface area contributed by atoms with E-state index in [0.717, 1.165) is 28.6 Å². The summed E-state index contributed by atoms with van der Waals surface area (Å²) >= 11 is 0. The fourth-order valence-corrected chi connectivity index (χ4v) is 2.83. The van der Waals surface area contributed by atoms with Crippen LogP contribution in [0.15, 0.2) is 79.4 Å². The molecule has 0 atom stereocenters. The van der Waals surface area contributed by atoms with E-state index in [-0.39, 0.29) is 18.0 Å². The maximum atomic E-state index is 13.3. The lowest BCUT2D eigenvalue weighted by molar-refractivity contribution is 0.0950. The Kier molecular flexibility index (Phi) is 4.88. The van der Waals surface area contributed by atoms with Crippen molar-refractivity contribution in [2.75, 3.05) is 0 Å². The van der Waals surface area contributed by atoms with Crippen LogP contribution in [0.2, 0.25) is 0 Å². The number of hydrogen-bond donors (Lipinski definition) is 1. The second-order valence-corrected chi connectivity index (χ2v) is 6.07. The topological polar surface area (TPSA) is 72.7 Å². The first kappa shape index (κ1) is 17.5. The molecular formula is C21H16FN5O. The first-order valence-corrected chi connectivity index (χ1v) is 8.65. The van der Waals surface area contributed by atoms with Crippen molar-refractivity contribution in [2.45, 2.75) is 6.54 Å². The molecule has 4 aromatic rings. The molecule has 3 aromatic heterocycles. The zero-order valence-corrected chi connectivity index (χ0v) is 14.8. The summed E-state index contributed by atoms with van der Waals surface area (Å²) in [5, 5.41) is 7.50. The minimum absolute atomic E-state index is 0.216. The van der Waals surface area contributed by atoms with Gasteiger partial charge in [-0.15, -0.1) is 0 Å². The Labute approximate surface area is 160 Å². The zero-order chi connectivity index (χ0) is 19.3. The van der Waals surface area contributed by atoms with E-state index in [1.54, 1.807) is 17.1 Å². The third-order valence-corrected chi connectivity index (χ3v) is 4.19. The quantitative estimate of drug-likeness (QED) is 0.544. The predicted molar refractivity (Wildman–Crippen MR) is 102 cm³/mol. The first-order valence-electron chi connectivity index (χ1n) is 8.65. The van der Waals surface area contributed by atoms with Gasteiger partial charge in [0.05, 0.1) is 11.4 Å². The Bertz CT molecular complexity index is 1100. The van der Waals surface area contributed by atoms with E-state index in [2.05, 4.69) is 20.4 Å². The van der Waals surface area contributed by atoms with Gasteiger partial charge in [0, 0.05) is 54.1 Å². The van der Waals surface area contributed by atoms with Crippen molar-refractivity contribution in [3.63, 3.8) is 0 Å². The van der Waals surface area contributed by atoms with Gasteiger partial charge in [0.15, 0.2) is 0 Å². The summed E-state index contributed by atoms with van der Waals surface area (Å²) < 4.78 is 15.0. The van der Waals surface area contributed by atoms with Crippen molar-refractivity contribution >= 4 is 5.91 Å². The van der Waals surface area contributed by atoms with Crippen LogP contribution in [0.4, 0.5) is 4.39 Å². The molecule has 0 radical (unpaired) electrons. The van der Waals surface area contributed by atoms with Crippen LogP contribution in [0, 0.1) is 5.95 Å². The Morgan fingerprint density at radius 3 is 2.57 bits per heavy atom. The number of carbonyl (C=O) groups is 1. The maximum absolute atomic E-state index is 13.3. The molecule has 0 aliphatic carbocycles. The van der Waals surface area contributed by atoms with Crippen LogP contribution in [-0.4, -0.2) is 25.7 Å². The van der Waals surface area contributed by atoms with Gasteiger partial charge in [0.25, 0.3) is 5.91 Å². The number of hydrogen-bond acceptors (Lipinski definition) is 4. The second-order valence-electron chi connectivity index (χ2n) is 6.07. The second kappa shape index (κ2) is 7.79. The molecular weight excluding hydrogens is 357 g/mol. The number of para-hydroxylation sites is 1. The molecule has 0 aliphatic heterocycles. The lowest BCUT2D eigenvalue weighted by Crippen LogP contribution is -2.23. The van der Waals surface area contributed by atoms with Gasteiger partial charge < -0.3 is 5.32 Å². The van der Waals surface area contributed by atoms with Crippen LogP contribution in [-0.2, 0) is 6.54 Å². The lowest BCUT2D eigenvalue weighted by Gasteiger charge is -2.05. The highest BCUT2D eigenvalue weighted by molar-refractivity contribution is 5.94. The minimum Gasteiger partial charge on any atom is -0.348 e. The Balaban J connectivity index is 1.63. The van der Waals surface area contributed by atoms with E-state index in [1.807, 2.05) is 48.7 Å². The van der Waals surface area contributed by atoms with Gasteiger partial charge >= 0.3 is 0 Å². The molecule has 0 fully saturated rings. The molecule has 28 heavy (non-hydrogen) atoms. The van der Waals surface area contributed by atoms with Crippen molar-refractivity contribution in [2.24, 2.45) is 0 Å². The van der Waals surface area contributed by atoms with Gasteiger partial charge in [0.1, 0.15) is 0 Å². The van der Waals surface area contributed by atoms with Crippen molar-refractivity contribution < 1.29 is 9.18 Å². The largest absolute Gasteiger partial charge is 0.348 e.